The van der Waals surface area contributed by atoms with Crippen LogP contribution < -0.4 is 5.32 Å². The first-order valence-electron chi connectivity index (χ1n) is 8.71. The molecular formula is C19H28BrClN2O2. The summed E-state index contributed by atoms with van der Waals surface area (Å²) in [6.07, 6.45) is 1.87. The zero-order chi connectivity index (χ0) is 18.7. The van der Waals surface area contributed by atoms with Crippen LogP contribution in [0.15, 0.2) is 22.7 Å². The number of nitrogens with one attached hydrogen (secondary N) is 1. The number of halogens is 2. The molecule has 0 spiro atoms. The summed E-state index contributed by atoms with van der Waals surface area (Å²) in [4.78, 5) is 14.2. The van der Waals surface area contributed by atoms with Crippen LogP contribution in [0.2, 0.25) is 5.02 Å². The summed E-state index contributed by atoms with van der Waals surface area (Å²) in [6.45, 7) is 10.9. The highest BCUT2D eigenvalue weighted by Crippen LogP contribution is 2.30. The Labute approximate surface area is 164 Å². The Hall–Kier alpha value is -0.780. The largest absolute Gasteiger partial charge is 0.444 e. The van der Waals surface area contributed by atoms with Gasteiger partial charge in [0.25, 0.3) is 0 Å². The Morgan fingerprint density at radius 3 is 2.84 bits per heavy atom. The van der Waals surface area contributed by atoms with Gasteiger partial charge in [-0.1, -0.05) is 34.5 Å². The van der Waals surface area contributed by atoms with Crippen molar-refractivity contribution in [2.75, 3.05) is 19.6 Å². The van der Waals surface area contributed by atoms with Crippen molar-refractivity contribution < 1.29 is 9.53 Å². The van der Waals surface area contributed by atoms with Crippen LogP contribution in [0.1, 0.15) is 46.1 Å². The van der Waals surface area contributed by atoms with Gasteiger partial charge in [0.2, 0.25) is 0 Å². The lowest BCUT2D eigenvalue weighted by Crippen LogP contribution is -2.50. The van der Waals surface area contributed by atoms with E-state index in [9.17, 15) is 4.79 Å². The van der Waals surface area contributed by atoms with Gasteiger partial charge < -0.3 is 15.0 Å². The number of ether oxygens (including phenoxy) is 1. The van der Waals surface area contributed by atoms with Crippen molar-refractivity contribution in [1.82, 2.24) is 10.2 Å². The number of nitrogens with zero attached hydrogens (tertiary/aromatic N) is 1. The van der Waals surface area contributed by atoms with Crippen molar-refractivity contribution in [3.63, 3.8) is 0 Å². The third kappa shape index (κ3) is 6.46. The van der Waals surface area contributed by atoms with Crippen molar-refractivity contribution in [2.45, 2.75) is 52.7 Å². The van der Waals surface area contributed by atoms with Gasteiger partial charge in [-0.2, -0.15) is 0 Å². The molecule has 2 rings (SSSR count). The van der Waals surface area contributed by atoms with Crippen LogP contribution in [0.5, 0.6) is 0 Å². The lowest BCUT2D eigenvalue weighted by atomic mass is 9.82. The first kappa shape index (κ1) is 20.5. The van der Waals surface area contributed by atoms with Crippen LogP contribution in [0.4, 0.5) is 4.79 Å². The Bertz CT molecular complexity index is 618. The maximum absolute atomic E-state index is 12.3. The topological polar surface area (TPSA) is 41.6 Å². The summed E-state index contributed by atoms with van der Waals surface area (Å²) >= 11 is 9.73. The number of carbonyl (C=O) groups is 1. The van der Waals surface area contributed by atoms with Gasteiger partial charge in [0, 0.05) is 35.7 Å². The lowest BCUT2D eigenvalue weighted by molar-refractivity contribution is 0.00675. The molecule has 0 aliphatic carbocycles. The number of piperidine rings is 1. The van der Waals surface area contributed by atoms with E-state index in [-0.39, 0.29) is 11.5 Å². The molecule has 0 bridgehead atoms. The van der Waals surface area contributed by atoms with Gasteiger partial charge in [0.15, 0.2) is 0 Å². The SMILES string of the molecule is CC1(CNCc2cc(Br)ccc2Cl)CCCN(C(=O)OC(C)(C)C)C1. The Morgan fingerprint density at radius 2 is 2.16 bits per heavy atom. The van der Waals surface area contributed by atoms with Gasteiger partial charge in [-0.3, -0.25) is 0 Å². The first-order chi connectivity index (χ1) is 11.6. The van der Waals surface area contributed by atoms with Crippen LogP contribution in [0.25, 0.3) is 0 Å². The molecule has 1 aromatic carbocycles. The molecule has 1 atom stereocenters. The van der Waals surface area contributed by atoms with Gasteiger partial charge >= 0.3 is 6.09 Å². The normalized spacial score (nSPS) is 21.3. The second kappa shape index (κ2) is 8.28. The van der Waals surface area contributed by atoms with E-state index in [1.807, 2.05) is 43.9 Å². The van der Waals surface area contributed by atoms with Crippen LogP contribution >= 0.6 is 27.5 Å². The number of hydrogen-bond donors (Lipinski definition) is 1. The molecule has 0 aromatic heterocycles. The summed E-state index contributed by atoms with van der Waals surface area (Å²) in [5, 5.41) is 4.27. The summed E-state index contributed by atoms with van der Waals surface area (Å²) in [5.41, 5.74) is 0.647. The average Bonchev–Trinajstić information content (AvgIpc) is 2.49. The minimum atomic E-state index is -0.458. The molecule has 0 saturated carbocycles. The van der Waals surface area contributed by atoms with E-state index in [0.717, 1.165) is 41.0 Å². The smallest absolute Gasteiger partial charge is 0.410 e. The van der Waals surface area contributed by atoms with Crippen molar-refractivity contribution in [2.24, 2.45) is 5.41 Å². The molecule has 4 nitrogen and oxygen atoms in total. The summed E-state index contributed by atoms with van der Waals surface area (Å²) < 4.78 is 6.54. The molecule has 1 amide bonds. The molecule has 1 saturated heterocycles. The summed E-state index contributed by atoms with van der Waals surface area (Å²) in [7, 11) is 0. The first-order valence-corrected chi connectivity index (χ1v) is 9.88. The molecule has 1 fully saturated rings. The maximum Gasteiger partial charge on any atom is 0.410 e. The highest BCUT2D eigenvalue weighted by atomic mass is 79.9. The standard InChI is InChI=1S/C19H28BrClN2O2/c1-18(2,3)25-17(24)23-9-5-8-19(4,13-23)12-22-11-14-10-15(20)6-7-16(14)21/h6-7,10,22H,5,8-9,11-13H2,1-4H3. The van der Waals surface area contributed by atoms with E-state index in [1.165, 1.54) is 0 Å². The van der Waals surface area contributed by atoms with E-state index >= 15 is 0 Å². The molecule has 25 heavy (non-hydrogen) atoms. The van der Waals surface area contributed by atoms with Gasteiger partial charge in [0.05, 0.1) is 0 Å². The number of benzene rings is 1. The molecular weight excluding hydrogens is 404 g/mol. The van der Waals surface area contributed by atoms with E-state index in [1.54, 1.807) is 0 Å². The van der Waals surface area contributed by atoms with Crippen molar-refractivity contribution in [3.8, 4) is 0 Å². The lowest BCUT2D eigenvalue weighted by Gasteiger charge is -2.41. The molecule has 6 heteroatoms. The molecule has 1 unspecified atom stereocenters. The maximum atomic E-state index is 12.3. The third-order valence-corrected chi connectivity index (χ3v) is 5.17. The van der Waals surface area contributed by atoms with Crippen LogP contribution in [-0.2, 0) is 11.3 Å². The number of hydrogen-bond acceptors (Lipinski definition) is 3. The molecule has 1 aliphatic heterocycles. The number of likely N-dealkylation sites (tertiary alicyclic amines) is 1. The van der Waals surface area contributed by atoms with Crippen LogP contribution in [-0.4, -0.2) is 36.2 Å². The van der Waals surface area contributed by atoms with Gasteiger partial charge in [-0.15, -0.1) is 0 Å². The van der Waals surface area contributed by atoms with E-state index < -0.39 is 5.60 Å². The summed E-state index contributed by atoms with van der Waals surface area (Å²) in [6, 6.07) is 5.87. The zero-order valence-electron chi connectivity index (χ0n) is 15.5. The van der Waals surface area contributed by atoms with Crippen molar-refractivity contribution >= 4 is 33.6 Å². The second-order valence-electron chi connectivity index (χ2n) is 8.16. The third-order valence-electron chi connectivity index (χ3n) is 4.31. The zero-order valence-corrected chi connectivity index (χ0v) is 17.8. The fraction of sp³-hybridized carbons (Fsp3) is 0.632. The predicted molar refractivity (Wildman–Crippen MR) is 106 cm³/mol. The quantitative estimate of drug-likeness (QED) is 0.710. The molecule has 1 aliphatic rings. The predicted octanol–water partition coefficient (Wildman–Crippen LogP) is 5.23. The minimum Gasteiger partial charge on any atom is -0.444 e. The van der Waals surface area contributed by atoms with Crippen LogP contribution in [0, 0.1) is 5.41 Å². The van der Waals surface area contributed by atoms with E-state index in [0.29, 0.717) is 13.1 Å². The second-order valence-corrected chi connectivity index (χ2v) is 9.48. The monoisotopic (exact) mass is 430 g/mol. The van der Waals surface area contributed by atoms with E-state index in [4.69, 9.17) is 16.3 Å². The molecule has 140 valence electrons. The highest BCUT2D eigenvalue weighted by Gasteiger charge is 2.34. The molecule has 1 N–H and O–H groups in total. The van der Waals surface area contributed by atoms with Crippen LogP contribution in [0.3, 0.4) is 0 Å². The Kier molecular flexibility index (Phi) is 6.80. The van der Waals surface area contributed by atoms with Crippen molar-refractivity contribution in [3.05, 3.63) is 33.3 Å². The van der Waals surface area contributed by atoms with Gasteiger partial charge in [-0.05, 0) is 62.8 Å². The number of rotatable bonds is 4. The molecule has 1 heterocycles. The van der Waals surface area contributed by atoms with Gasteiger partial charge in [-0.25, -0.2) is 4.79 Å². The minimum absolute atomic E-state index is 0.0354. The fourth-order valence-electron chi connectivity index (χ4n) is 3.12. The average molecular weight is 432 g/mol. The number of carbonyl (C=O) groups excluding carboxylic acids is 1. The Morgan fingerprint density at radius 1 is 1.44 bits per heavy atom. The van der Waals surface area contributed by atoms with Gasteiger partial charge in [0.1, 0.15) is 5.60 Å². The highest BCUT2D eigenvalue weighted by molar-refractivity contribution is 9.10. The number of amides is 1. The molecule has 0 radical (unpaired) electrons. The Balaban J connectivity index is 1.90. The van der Waals surface area contributed by atoms with E-state index in [2.05, 4.69) is 28.2 Å². The fourth-order valence-corrected chi connectivity index (χ4v) is 3.71. The molecule has 1 aromatic rings. The van der Waals surface area contributed by atoms with Crippen molar-refractivity contribution in [1.29, 1.82) is 0 Å². The summed E-state index contributed by atoms with van der Waals surface area (Å²) in [5.74, 6) is 0.